The number of fused-ring (bicyclic) bond motifs is 3. The lowest BCUT2D eigenvalue weighted by Gasteiger charge is -2.06. The molecule has 0 saturated carbocycles. The van der Waals surface area contributed by atoms with E-state index in [1.807, 2.05) is 66.7 Å². The molecule has 7 nitrogen and oxygen atoms in total. The van der Waals surface area contributed by atoms with Crippen LogP contribution in [0.15, 0.2) is 77.3 Å². The van der Waals surface area contributed by atoms with Crippen LogP contribution in [0.1, 0.15) is 35.6 Å². The number of nitrogens with zero attached hydrogens (tertiary/aromatic N) is 2. The summed E-state index contributed by atoms with van der Waals surface area (Å²) >= 11 is 0. The van der Waals surface area contributed by atoms with Gasteiger partial charge in [-0.05, 0) is 60.4 Å². The molecule has 0 fully saturated rings. The first kappa shape index (κ1) is 21.2. The van der Waals surface area contributed by atoms with Gasteiger partial charge in [-0.2, -0.15) is 4.98 Å². The molecule has 0 bridgehead atoms. The number of H-pyrrole nitrogens is 1. The average Bonchev–Trinajstić information content (AvgIpc) is 3.60. The van der Waals surface area contributed by atoms with Gasteiger partial charge in [0.25, 0.3) is 5.89 Å². The highest BCUT2D eigenvalue weighted by atomic mass is 16.5. The highest BCUT2D eigenvalue weighted by molar-refractivity contribution is 5.89. The number of hydrogen-bond acceptors (Lipinski definition) is 5. The van der Waals surface area contributed by atoms with E-state index in [1.54, 1.807) is 0 Å². The molecule has 5 aromatic rings. The number of carboxylic acid groups (broad SMARTS) is 1. The number of hydrogen-bond donors (Lipinski definition) is 2. The number of aromatic amines is 1. The number of ether oxygens (including phenoxy) is 1. The predicted octanol–water partition coefficient (Wildman–Crippen LogP) is 5.97. The van der Waals surface area contributed by atoms with E-state index < -0.39 is 5.97 Å². The highest BCUT2D eigenvalue weighted by Gasteiger charge is 2.28. The first-order chi connectivity index (χ1) is 17.1. The summed E-state index contributed by atoms with van der Waals surface area (Å²) < 4.78 is 11.5. The quantitative estimate of drug-likeness (QED) is 0.307. The molecule has 0 amide bonds. The summed E-state index contributed by atoms with van der Waals surface area (Å²) in [7, 11) is 0. The molecule has 6 rings (SSSR count). The maximum atomic E-state index is 11.2. The molecule has 1 aliphatic rings. The summed E-state index contributed by atoms with van der Waals surface area (Å²) in [5.74, 6) is 0.924. The van der Waals surface area contributed by atoms with Gasteiger partial charge in [-0.15, -0.1) is 0 Å². The second-order valence-electron chi connectivity index (χ2n) is 8.84. The molecule has 35 heavy (non-hydrogen) atoms. The van der Waals surface area contributed by atoms with Crippen LogP contribution >= 0.6 is 0 Å². The van der Waals surface area contributed by atoms with Crippen molar-refractivity contribution in [2.75, 3.05) is 0 Å². The van der Waals surface area contributed by atoms with E-state index in [-0.39, 0.29) is 12.3 Å². The molecule has 2 N–H and O–H groups in total. The fourth-order valence-corrected chi connectivity index (χ4v) is 4.82. The standard InChI is InChI=1S/C28H23N3O4/c32-25(33)15-18-9-11-22-23-14-19(10-12-24(23)29-26(18)22)27-30-28(35-31-27)20-7-4-8-21(13-20)34-16-17-5-2-1-3-6-17/h1-8,10,12-14,18,29H,9,11,15-16H2,(H,32,33). The molecule has 0 saturated heterocycles. The molecule has 7 heteroatoms. The number of aliphatic carboxylic acids is 1. The SMILES string of the molecule is O=C(O)CC1CCc2c1[nH]c1ccc(-c3noc(-c4cccc(OCc5ccccc5)c4)n3)cc21. The smallest absolute Gasteiger partial charge is 0.304 e. The maximum Gasteiger partial charge on any atom is 0.304 e. The van der Waals surface area contributed by atoms with Crippen LogP contribution in [-0.4, -0.2) is 26.2 Å². The van der Waals surface area contributed by atoms with Crippen molar-refractivity contribution in [3.05, 3.63) is 89.6 Å². The van der Waals surface area contributed by atoms with Crippen molar-refractivity contribution in [2.45, 2.75) is 31.8 Å². The van der Waals surface area contributed by atoms with Crippen LogP contribution in [0, 0.1) is 0 Å². The lowest BCUT2D eigenvalue weighted by molar-refractivity contribution is -0.137. The average molecular weight is 466 g/mol. The Morgan fingerprint density at radius 3 is 2.80 bits per heavy atom. The van der Waals surface area contributed by atoms with Crippen molar-refractivity contribution < 1.29 is 19.2 Å². The van der Waals surface area contributed by atoms with Crippen molar-refractivity contribution in [1.82, 2.24) is 15.1 Å². The number of aromatic nitrogens is 3. The molecule has 0 radical (unpaired) electrons. The second kappa shape index (κ2) is 8.76. The second-order valence-corrected chi connectivity index (χ2v) is 8.84. The Morgan fingerprint density at radius 2 is 1.94 bits per heavy atom. The summed E-state index contributed by atoms with van der Waals surface area (Å²) in [5.41, 5.74) is 5.97. The van der Waals surface area contributed by atoms with E-state index in [1.165, 1.54) is 5.56 Å². The minimum atomic E-state index is -0.768. The maximum absolute atomic E-state index is 11.2. The third-order valence-electron chi connectivity index (χ3n) is 6.52. The zero-order valence-corrected chi connectivity index (χ0v) is 18.9. The Hall–Kier alpha value is -4.39. The monoisotopic (exact) mass is 465 g/mol. The minimum Gasteiger partial charge on any atom is -0.489 e. The Labute approximate surface area is 201 Å². The van der Waals surface area contributed by atoms with Gasteiger partial charge in [-0.3, -0.25) is 4.79 Å². The number of carboxylic acids is 1. The number of rotatable bonds is 7. The fourth-order valence-electron chi connectivity index (χ4n) is 4.82. The summed E-state index contributed by atoms with van der Waals surface area (Å²) in [6, 6.07) is 23.6. The van der Waals surface area contributed by atoms with E-state index in [9.17, 15) is 9.90 Å². The molecule has 1 aliphatic carbocycles. The Bertz CT molecular complexity index is 1520. The summed E-state index contributed by atoms with van der Waals surface area (Å²) in [6.45, 7) is 0.480. The van der Waals surface area contributed by atoms with Gasteiger partial charge in [-0.25, -0.2) is 0 Å². The number of carbonyl (C=O) groups is 1. The zero-order chi connectivity index (χ0) is 23.8. The molecule has 0 aliphatic heterocycles. The third kappa shape index (κ3) is 4.17. The van der Waals surface area contributed by atoms with E-state index in [0.29, 0.717) is 18.3 Å². The normalized spacial score (nSPS) is 14.8. The van der Waals surface area contributed by atoms with Gasteiger partial charge >= 0.3 is 5.97 Å². The molecule has 174 valence electrons. The fraction of sp³-hybridized carbons (Fsp3) is 0.179. The zero-order valence-electron chi connectivity index (χ0n) is 18.9. The molecule has 0 spiro atoms. The van der Waals surface area contributed by atoms with Crippen LogP contribution in [0.5, 0.6) is 5.75 Å². The van der Waals surface area contributed by atoms with Crippen LogP contribution in [-0.2, 0) is 17.8 Å². The number of benzene rings is 3. The highest BCUT2D eigenvalue weighted by Crippen LogP contribution is 2.40. The van der Waals surface area contributed by atoms with Crippen LogP contribution in [0.2, 0.25) is 0 Å². The van der Waals surface area contributed by atoms with Crippen molar-refractivity contribution in [3.63, 3.8) is 0 Å². The van der Waals surface area contributed by atoms with Crippen molar-refractivity contribution in [3.8, 4) is 28.6 Å². The summed E-state index contributed by atoms with van der Waals surface area (Å²) in [5, 5.41) is 14.5. The van der Waals surface area contributed by atoms with Crippen molar-refractivity contribution in [2.24, 2.45) is 0 Å². The van der Waals surface area contributed by atoms with Crippen molar-refractivity contribution in [1.29, 1.82) is 0 Å². The van der Waals surface area contributed by atoms with Gasteiger partial charge < -0.3 is 19.4 Å². The lowest BCUT2D eigenvalue weighted by Crippen LogP contribution is -2.03. The van der Waals surface area contributed by atoms with Gasteiger partial charge in [0, 0.05) is 33.6 Å². The summed E-state index contributed by atoms with van der Waals surface area (Å²) in [6.07, 6.45) is 1.86. The van der Waals surface area contributed by atoms with E-state index >= 15 is 0 Å². The predicted molar refractivity (Wildman–Crippen MR) is 131 cm³/mol. The van der Waals surface area contributed by atoms with Gasteiger partial charge in [0.15, 0.2) is 0 Å². The number of nitrogens with one attached hydrogen (secondary N) is 1. The van der Waals surface area contributed by atoms with Crippen LogP contribution in [0.3, 0.4) is 0 Å². The van der Waals surface area contributed by atoms with Crippen LogP contribution < -0.4 is 4.74 Å². The van der Waals surface area contributed by atoms with Gasteiger partial charge in [-0.1, -0.05) is 41.6 Å². The lowest BCUT2D eigenvalue weighted by atomic mass is 10.0. The van der Waals surface area contributed by atoms with Crippen LogP contribution in [0.4, 0.5) is 0 Å². The molecular formula is C28H23N3O4. The van der Waals surface area contributed by atoms with E-state index in [2.05, 4.69) is 21.2 Å². The largest absolute Gasteiger partial charge is 0.489 e. The van der Waals surface area contributed by atoms with Gasteiger partial charge in [0.05, 0.1) is 6.42 Å². The van der Waals surface area contributed by atoms with Crippen molar-refractivity contribution >= 4 is 16.9 Å². The Balaban J connectivity index is 1.24. The van der Waals surface area contributed by atoms with Crippen LogP contribution in [0.25, 0.3) is 33.7 Å². The number of aryl methyl sites for hydroxylation is 1. The molecule has 1 atom stereocenters. The van der Waals surface area contributed by atoms with E-state index in [4.69, 9.17) is 9.26 Å². The summed E-state index contributed by atoms with van der Waals surface area (Å²) in [4.78, 5) is 19.3. The Kier molecular flexibility index (Phi) is 5.29. The Morgan fingerprint density at radius 1 is 1.06 bits per heavy atom. The van der Waals surface area contributed by atoms with Gasteiger partial charge in [0.2, 0.25) is 5.82 Å². The molecule has 2 heterocycles. The first-order valence-electron chi connectivity index (χ1n) is 11.6. The molecular weight excluding hydrogens is 442 g/mol. The molecule has 2 aromatic heterocycles. The molecule has 3 aromatic carbocycles. The topological polar surface area (TPSA) is 101 Å². The first-order valence-corrected chi connectivity index (χ1v) is 11.6. The molecule has 1 unspecified atom stereocenters. The van der Waals surface area contributed by atoms with E-state index in [0.717, 1.165) is 51.9 Å². The van der Waals surface area contributed by atoms with Gasteiger partial charge in [0.1, 0.15) is 12.4 Å². The third-order valence-corrected chi connectivity index (χ3v) is 6.52. The minimum absolute atomic E-state index is 0.0338.